The van der Waals surface area contributed by atoms with Gasteiger partial charge < -0.3 is 14.1 Å². The van der Waals surface area contributed by atoms with Crippen molar-refractivity contribution in [2.45, 2.75) is 44.7 Å². The molecule has 0 radical (unpaired) electrons. The summed E-state index contributed by atoms with van der Waals surface area (Å²) < 4.78 is 37.6. The second kappa shape index (κ2) is 9.28. The fourth-order valence-electron chi connectivity index (χ4n) is 3.50. The lowest BCUT2D eigenvalue weighted by molar-refractivity contribution is 0.0929. The number of furan rings is 1. The van der Waals surface area contributed by atoms with Gasteiger partial charge in [-0.05, 0) is 37.3 Å². The topological polar surface area (TPSA) is 83.3 Å². The lowest BCUT2D eigenvalue weighted by Gasteiger charge is -2.21. The molecule has 1 amide bonds. The Balaban J connectivity index is 1.54. The molecule has 28 heavy (non-hydrogen) atoms. The maximum Gasteiger partial charge on any atom is 0.409 e. The number of hydrogen-bond acceptors (Lipinski definition) is 6. The zero-order valence-electron chi connectivity index (χ0n) is 16.8. The number of hydrogen-bond donors (Lipinski definition) is 0. The highest BCUT2D eigenvalue weighted by Gasteiger charge is 2.30. The molecule has 1 aromatic heterocycles. The molecule has 158 valence electrons. The van der Waals surface area contributed by atoms with Crippen LogP contribution in [0, 0.1) is 5.92 Å². The Morgan fingerprint density at radius 2 is 1.82 bits per heavy atom. The largest absolute Gasteiger partial charge is 0.449 e. The van der Waals surface area contributed by atoms with E-state index in [1.165, 1.54) is 4.31 Å². The molecule has 1 aromatic rings. The van der Waals surface area contributed by atoms with Crippen LogP contribution in [0.2, 0.25) is 0 Å². The maximum absolute atomic E-state index is 12.6. The van der Waals surface area contributed by atoms with Gasteiger partial charge in [-0.3, -0.25) is 4.90 Å². The quantitative estimate of drug-likeness (QED) is 0.712. The van der Waals surface area contributed by atoms with Gasteiger partial charge in [0.25, 0.3) is 10.0 Å². The van der Waals surface area contributed by atoms with Crippen molar-refractivity contribution in [3.63, 3.8) is 0 Å². The Labute approximate surface area is 167 Å². The van der Waals surface area contributed by atoms with Crippen LogP contribution in [0.4, 0.5) is 4.79 Å². The normalized spacial score (nSPS) is 19.9. The van der Waals surface area contributed by atoms with E-state index in [0.29, 0.717) is 57.6 Å². The lowest BCUT2D eigenvalue weighted by atomic mass is 10.2. The van der Waals surface area contributed by atoms with Crippen LogP contribution in [0.1, 0.15) is 38.9 Å². The molecule has 2 saturated heterocycles. The van der Waals surface area contributed by atoms with Gasteiger partial charge in [-0.15, -0.1) is 0 Å². The number of sulfonamides is 1. The van der Waals surface area contributed by atoms with Gasteiger partial charge in [0.2, 0.25) is 5.09 Å². The van der Waals surface area contributed by atoms with E-state index in [4.69, 9.17) is 9.15 Å². The summed E-state index contributed by atoms with van der Waals surface area (Å²) in [5, 5.41) is 0.0260. The summed E-state index contributed by atoms with van der Waals surface area (Å²) in [6, 6.07) is 3.29. The van der Waals surface area contributed by atoms with Crippen LogP contribution < -0.4 is 0 Å². The van der Waals surface area contributed by atoms with E-state index in [0.717, 1.165) is 25.8 Å². The van der Waals surface area contributed by atoms with Gasteiger partial charge in [-0.1, -0.05) is 13.8 Å². The summed E-state index contributed by atoms with van der Waals surface area (Å²) in [5.41, 5.74) is 0. The van der Waals surface area contributed by atoms with E-state index >= 15 is 0 Å². The molecular formula is C19H31N3O5S. The van der Waals surface area contributed by atoms with Crippen molar-refractivity contribution in [3.8, 4) is 0 Å². The smallest absolute Gasteiger partial charge is 0.409 e. The molecule has 2 fully saturated rings. The maximum atomic E-state index is 12.6. The van der Waals surface area contributed by atoms with Gasteiger partial charge in [0, 0.05) is 39.3 Å². The summed E-state index contributed by atoms with van der Waals surface area (Å²) in [4.78, 5) is 16.1. The van der Waals surface area contributed by atoms with E-state index in [2.05, 4.69) is 4.90 Å². The molecule has 3 heterocycles. The molecule has 0 aromatic carbocycles. The first kappa shape index (κ1) is 21.1. The Kier molecular flexibility index (Phi) is 7.00. The fraction of sp³-hybridized carbons (Fsp3) is 0.737. The summed E-state index contributed by atoms with van der Waals surface area (Å²) in [5.74, 6) is 0.950. The van der Waals surface area contributed by atoms with Gasteiger partial charge in [0.05, 0.1) is 13.2 Å². The van der Waals surface area contributed by atoms with Gasteiger partial charge >= 0.3 is 6.09 Å². The molecule has 0 spiro atoms. The fourth-order valence-corrected chi connectivity index (χ4v) is 4.94. The van der Waals surface area contributed by atoms with Crippen LogP contribution in [-0.4, -0.2) is 74.5 Å². The Morgan fingerprint density at radius 3 is 2.54 bits per heavy atom. The van der Waals surface area contributed by atoms with Crippen LogP contribution in [0.25, 0.3) is 0 Å². The molecule has 3 rings (SSSR count). The summed E-state index contributed by atoms with van der Waals surface area (Å²) in [6.07, 6.45) is 2.39. The van der Waals surface area contributed by atoms with Crippen molar-refractivity contribution >= 4 is 16.1 Å². The van der Waals surface area contributed by atoms with Crippen LogP contribution in [0.5, 0.6) is 0 Å². The van der Waals surface area contributed by atoms with E-state index in [1.807, 2.05) is 13.8 Å². The number of ether oxygens (including phenoxy) is 1. The third kappa shape index (κ3) is 5.27. The van der Waals surface area contributed by atoms with Crippen LogP contribution >= 0.6 is 0 Å². The summed E-state index contributed by atoms with van der Waals surface area (Å²) in [7, 11) is -3.52. The number of rotatable bonds is 6. The van der Waals surface area contributed by atoms with E-state index in [9.17, 15) is 13.2 Å². The number of carbonyl (C=O) groups excluding carboxylic acids is 1. The predicted octanol–water partition coefficient (Wildman–Crippen LogP) is 2.36. The van der Waals surface area contributed by atoms with E-state index in [1.54, 1.807) is 17.0 Å². The molecule has 2 aliphatic rings. The minimum Gasteiger partial charge on any atom is -0.449 e. The van der Waals surface area contributed by atoms with Gasteiger partial charge in [-0.25, -0.2) is 13.2 Å². The molecule has 0 N–H and O–H groups in total. The van der Waals surface area contributed by atoms with E-state index in [-0.39, 0.29) is 11.2 Å². The van der Waals surface area contributed by atoms with Crippen LogP contribution in [0.15, 0.2) is 21.6 Å². The molecule has 8 nitrogen and oxygen atoms in total. The standard InChI is InChI=1S/C19H31N3O5S/c1-16(2)15-26-19(23)21-9-5-8-20(12-13-21)14-17-6-7-18(27-17)28(24,25)22-10-3-4-11-22/h6-7,16H,3-5,8-15H2,1-2H3. The average Bonchev–Trinajstić information content (AvgIpc) is 3.30. The van der Waals surface area contributed by atoms with Gasteiger partial charge in [0.1, 0.15) is 5.76 Å². The number of carbonyl (C=O) groups is 1. The zero-order chi connectivity index (χ0) is 20.1. The van der Waals surface area contributed by atoms with Crippen LogP contribution in [0.3, 0.4) is 0 Å². The molecule has 0 aliphatic carbocycles. The molecule has 2 aliphatic heterocycles. The number of nitrogens with zero attached hydrogens (tertiary/aromatic N) is 3. The van der Waals surface area contributed by atoms with Crippen molar-refractivity contribution in [1.29, 1.82) is 0 Å². The molecule has 0 atom stereocenters. The van der Waals surface area contributed by atoms with Gasteiger partial charge in [-0.2, -0.15) is 4.31 Å². The monoisotopic (exact) mass is 413 g/mol. The van der Waals surface area contributed by atoms with Crippen molar-refractivity contribution in [2.75, 3.05) is 45.9 Å². The third-order valence-electron chi connectivity index (χ3n) is 5.06. The SMILES string of the molecule is CC(C)COC(=O)N1CCCN(Cc2ccc(S(=O)(=O)N3CCCC3)o2)CC1. The summed E-state index contributed by atoms with van der Waals surface area (Å²) >= 11 is 0. The van der Waals surface area contributed by atoms with Crippen molar-refractivity contribution in [2.24, 2.45) is 5.92 Å². The Bertz CT molecular complexity index is 755. The van der Waals surface area contributed by atoms with Crippen molar-refractivity contribution in [3.05, 3.63) is 17.9 Å². The first-order valence-corrected chi connectivity index (χ1v) is 11.5. The minimum absolute atomic E-state index is 0.0260. The molecule has 0 bridgehead atoms. The predicted molar refractivity (Wildman–Crippen MR) is 104 cm³/mol. The van der Waals surface area contributed by atoms with Crippen LogP contribution in [-0.2, 0) is 21.3 Å². The van der Waals surface area contributed by atoms with Crippen molar-refractivity contribution < 1.29 is 22.4 Å². The highest BCUT2D eigenvalue weighted by molar-refractivity contribution is 7.89. The highest BCUT2D eigenvalue weighted by atomic mass is 32.2. The molecule has 0 saturated carbocycles. The lowest BCUT2D eigenvalue weighted by Crippen LogP contribution is -2.36. The highest BCUT2D eigenvalue weighted by Crippen LogP contribution is 2.23. The summed E-state index contributed by atoms with van der Waals surface area (Å²) in [6.45, 7) is 8.90. The first-order valence-electron chi connectivity index (χ1n) is 10.1. The average molecular weight is 414 g/mol. The second-order valence-electron chi connectivity index (χ2n) is 7.92. The minimum atomic E-state index is -3.52. The first-order chi connectivity index (χ1) is 13.4. The Morgan fingerprint density at radius 1 is 1.07 bits per heavy atom. The second-order valence-corrected chi connectivity index (χ2v) is 9.79. The number of amides is 1. The van der Waals surface area contributed by atoms with Gasteiger partial charge in [0.15, 0.2) is 0 Å². The van der Waals surface area contributed by atoms with Crippen molar-refractivity contribution in [1.82, 2.24) is 14.1 Å². The zero-order valence-corrected chi connectivity index (χ0v) is 17.6. The molecular weight excluding hydrogens is 382 g/mol. The Hall–Kier alpha value is -1.58. The molecule has 0 unspecified atom stereocenters. The third-order valence-corrected chi connectivity index (χ3v) is 6.84. The van der Waals surface area contributed by atoms with E-state index < -0.39 is 10.0 Å². The molecule has 9 heteroatoms.